The number of hydrogen-bond donors (Lipinski definition) is 1. The topological polar surface area (TPSA) is 39.0 Å². The lowest BCUT2D eigenvalue weighted by Gasteiger charge is -2.17. The molecule has 0 fully saturated rings. The van der Waals surface area contributed by atoms with E-state index in [0.717, 1.165) is 18.9 Å². The molecule has 0 aliphatic carbocycles. The first-order valence-corrected chi connectivity index (χ1v) is 8.42. The lowest BCUT2D eigenvalue weighted by molar-refractivity contribution is 0.356. The third-order valence-electron chi connectivity index (χ3n) is 3.70. The standard InChI is InChI=1S/C14H14ClF2N3OS/c1-22-18-11-6-8(9(16)7-10(11)17)12-13(15)19-4-2-3-5-20(19)14(12)21/h6-7,18H,2-5H2,1H3. The smallest absolute Gasteiger partial charge is 0.276 e. The quantitative estimate of drug-likeness (QED) is 0.861. The summed E-state index contributed by atoms with van der Waals surface area (Å²) in [5.74, 6) is -1.51. The molecule has 2 aromatic rings. The fourth-order valence-corrected chi connectivity index (χ4v) is 3.42. The second-order valence-electron chi connectivity index (χ2n) is 5.04. The summed E-state index contributed by atoms with van der Waals surface area (Å²) in [6.45, 7) is 1.17. The number of hydrogen-bond acceptors (Lipinski definition) is 3. The van der Waals surface area contributed by atoms with Crippen LogP contribution in [0.4, 0.5) is 14.5 Å². The Kier molecular flexibility index (Phi) is 4.18. The number of halogens is 3. The zero-order valence-corrected chi connectivity index (χ0v) is 13.4. The van der Waals surface area contributed by atoms with Crippen LogP contribution in [0.5, 0.6) is 0 Å². The minimum atomic E-state index is -0.799. The molecule has 1 aliphatic rings. The maximum Gasteiger partial charge on any atom is 0.276 e. The Balaban J connectivity index is 2.22. The van der Waals surface area contributed by atoms with Crippen LogP contribution in [-0.2, 0) is 13.1 Å². The van der Waals surface area contributed by atoms with Gasteiger partial charge in [-0.2, -0.15) is 0 Å². The highest BCUT2D eigenvalue weighted by Crippen LogP contribution is 2.33. The summed E-state index contributed by atoms with van der Waals surface area (Å²) < 4.78 is 33.8. The molecule has 0 bridgehead atoms. The molecule has 2 heterocycles. The van der Waals surface area contributed by atoms with Gasteiger partial charge in [-0.15, -0.1) is 0 Å². The number of fused-ring (bicyclic) bond motifs is 1. The van der Waals surface area contributed by atoms with Gasteiger partial charge in [-0.05, 0) is 18.9 Å². The van der Waals surface area contributed by atoms with Crippen molar-refractivity contribution in [2.45, 2.75) is 25.9 Å². The van der Waals surface area contributed by atoms with E-state index in [0.29, 0.717) is 13.1 Å². The number of nitrogens with one attached hydrogen (secondary N) is 1. The summed E-state index contributed by atoms with van der Waals surface area (Å²) in [7, 11) is 0. The van der Waals surface area contributed by atoms with Crippen molar-refractivity contribution in [2.24, 2.45) is 0 Å². The van der Waals surface area contributed by atoms with Crippen molar-refractivity contribution < 1.29 is 8.78 Å². The van der Waals surface area contributed by atoms with Gasteiger partial charge in [0.1, 0.15) is 16.8 Å². The van der Waals surface area contributed by atoms with Crippen LogP contribution in [0.1, 0.15) is 12.8 Å². The largest absolute Gasteiger partial charge is 0.327 e. The summed E-state index contributed by atoms with van der Waals surface area (Å²) in [5, 5.41) is 0.199. The summed E-state index contributed by atoms with van der Waals surface area (Å²) in [6, 6.07) is 2.06. The molecule has 0 amide bonds. The van der Waals surface area contributed by atoms with Gasteiger partial charge in [0.15, 0.2) is 0 Å². The number of nitrogens with zero attached hydrogens (tertiary/aromatic N) is 2. The zero-order valence-electron chi connectivity index (χ0n) is 11.8. The van der Waals surface area contributed by atoms with Gasteiger partial charge in [0, 0.05) is 31.0 Å². The van der Waals surface area contributed by atoms with Gasteiger partial charge < -0.3 is 4.72 Å². The Morgan fingerprint density at radius 3 is 2.50 bits per heavy atom. The molecule has 8 heteroatoms. The predicted octanol–water partition coefficient (Wildman–Crippen LogP) is 3.73. The molecule has 4 nitrogen and oxygen atoms in total. The fourth-order valence-electron chi connectivity index (χ4n) is 2.68. The van der Waals surface area contributed by atoms with Gasteiger partial charge in [0.05, 0.1) is 11.3 Å². The number of rotatable bonds is 3. The van der Waals surface area contributed by atoms with Gasteiger partial charge in [-0.3, -0.25) is 9.48 Å². The van der Waals surface area contributed by atoms with Crippen LogP contribution in [-0.4, -0.2) is 15.6 Å². The van der Waals surface area contributed by atoms with Crippen molar-refractivity contribution in [3.63, 3.8) is 0 Å². The Bertz CT molecular complexity index is 787. The van der Waals surface area contributed by atoms with E-state index in [-0.39, 0.29) is 27.5 Å². The third-order valence-corrected chi connectivity index (χ3v) is 4.51. The predicted molar refractivity (Wildman–Crippen MR) is 85.4 cm³/mol. The van der Waals surface area contributed by atoms with Gasteiger partial charge in [0.25, 0.3) is 5.56 Å². The summed E-state index contributed by atoms with van der Waals surface area (Å²) in [4.78, 5) is 12.5. The van der Waals surface area contributed by atoms with Gasteiger partial charge in [-0.1, -0.05) is 23.5 Å². The van der Waals surface area contributed by atoms with Gasteiger partial charge in [0.2, 0.25) is 0 Å². The van der Waals surface area contributed by atoms with E-state index in [1.807, 2.05) is 0 Å². The molecule has 1 aromatic heterocycles. The lowest BCUT2D eigenvalue weighted by Crippen LogP contribution is -2.27. The van der Waals surface area contributed by atoms with Crippen LogP contribution in [0.25, 0.3) is 11.1 Å². The minimum absolute atomic E-state index is 0.0161. The first-order chi connectivity index (χ1) is 10.5. The van der Waals surface area contributed by atoms with Crippen LogP contribution in [0.2, 0.25) is 5.15 Å². The molecule has 1 N–H and O–H groups in total. The average Bonchev–Trinajstić information content (AvgIpc) is 2.75. The molecule has 0 saturated carbocycles. The Morgan fingerprint density at radius 2 is 1.86 bits per heavy atom. The van der Waals surface area contributed by atoms with E-state index >= 15 is 0 Å². The molecule has 22 heavy (non-hydrogen) atoms. The number of aromatic nitrogens is 2. The van der Waals surface area contributed by atoms with E-state index in [4.69, 9.17) is 11.6 Å². The van der Waals surface area contributed by atoms with Crippen LogP contribution in [0, 0.1) is 11.6 Å². The molecule has 0 radical (unpaired) electrons. The molecule has 118 valence electrons. The molecular weight excluding hydrogens is 332 g/mol. The second-order valence-corrected chi connectivity index (χ2v) is 6.01. The summed E-state index contributed by atoms with van der Waals surface area (Å²) in [5.41, 5.74) is -0.119. The minimum Gasteiger partial charge on any atom is -0.327 e. The second kappa shape index (κ2) is 5.96. The van der Waals surface area contributed by atoms with Crippen LogP contribution >= 0.6 is 23.5 Å². The van der Waals surface area contributed by atoms with E-state index in [2.05, 4.69) is 4.72 Å². The molecule has 1 aliphatic heterocycles. The van der Waals surface area contributed by atoms with Crippen molar-refractivity contribution in [1.29, 1.82) is 0 Å². The normalized spacial score (nSPS) is 14.0. The first kappa shape index (κ1) is 15.4. The van der Waals surface area contributed by atoms with E-state index in [9.17, 15) is 13.6 Å². The maximum absolute atomic E-state index is 14.2. The molecule has 0 unspecified atom stereocenters. The Labute approximate surface area is 135 Å². The van der Waals surface area contributed by atoms with E-state index in [1.165, 1.54) is 22.7 Å². The molecule has 0 spiro atoms. The molecule has 1 aromatic carbocycles. The van der Waals surface area contributed by atoms with Crippen LogP contribution in [0.15, 0.2) is 16.9 Å². The Hall–Kier alpha value is -1.47. The molecule has 0 saturated heterocycles. The summed E-state index contributed by atoms with van der Waals surface area (Å²) in [6.07, 6.45) is 3.52. The molecular formula is C14H14ClF2N3OS. The number of anilines is 1. The van der Waals surface area contributed by atoms with Crippen molar-refractivity contribution >= 4 is 29.2 Å². The third kappa shape index (κ3) is 2.42. The highest BCUT2D eigenvalue weighted by atomic mass is 35.5. The highest BCUT2D eigenvalue weighted by Gasteiger charge is 2.25. The average molecular weight is 346 g/mol. The first-order valence-electron chi connectivity index (χ1n) is 6.82. The van der Waals surface area contributed by atoms with Crippen molar-refractivity contribution in [1.82, 2.24) is 9.36 Å². The monoisotopic (exact) mass is 345 g/mol. The SMILES string of the molecule is CSNc1cc(-c2c(Cl)n3n(c2=O)CCCC3)c(F)cc1F. The maximum atomic E-state index is 14.2. The zero-order chi connectivity index (χ0) is 15.9. The van der Waals surface area contributed by atoms with Gasteiger partial charge in [-0.25, -0.2) is 13.5 Å². The van der Waals surface area contributed by atoms with Crippen molar-refractivity contribution in [3.8, 4) is 11.1 Å². The van der Waals surface area contributed by atoms with Crippen molar-refractivity contribution in [3.05, 3.63) is 39.3 Å². The van der Waals surface area contributed by atoms with E-state index < -0.39 is 11.6 Å². The summed E-state index contributed by atoms with van der Waals surface area (Å²) >= 11 is 7.46. The molecule has 0 atom stereocenters. The van der Waals surface area contributed by atoms with Crippen molar-refractivity contribution in [2.75, 3.05) is 11.0 Å². The van der Waals surface area contributed by atoms with Crippen LogP contribution in [0.3, 0.4) is 0 Å². The van der Waals surface area contributed by atoms with Crippen LogP contribution < -0.4 is 10.3 Å². The van der Waals surface area contributed by atoms with E-state index in [1.54, 1.807) is 10.9 Å². The van der Waals surface area contributed by atoms with Gasteiger partial charge >= 0.3 is 0 Å². The number of benzene rings is 1. The lowest BCUT2D eigenvalue weighted by atomic mass is 10.1. The highest BCUT2D eigenvalue weighted by molar-refractivity contribution is 7.99. The molecule has 3 rings (SSSR count). The Morgan fingerprint density at radius 1 is 1.18 bits per heavy atom. The fraction of sp³-hybridized carbons (Fsp3) is 0.357.